The molecule has 0 spiro atoms. The lowest BCUT2D eigenvalue weighted by Crippen LogP contribution is -2.39. The van der Waals surface area contributed by atoms with Crippen molar-refractivity contribution in [2.75, 3.05) is 6.61 Å². The third-order valence-electron chi connectivity index (χ3n) is 4.88. The summed E-state index contributed by atoms with van der Waals surface area (Å²) in [5, 5.41) is 0. The van der Waals surface area contributed by atoms with Crippen LogP contribution in [0.25, 0.3) is 0 Å². The van der Waals surface area contributed by atoms with Crippen LogP contribution in [0.5, 0.6) is 0 Å². The molecule has 4 unspecified atom stereocenters. The number of carbonyl (C=O) groups is 1. The molecular formula is C14H20O2. The Morgan fingerprint density at radius 3 is 3.19 bits per heavy atom. The second-order valence-electron chi connectivity index (χ2n) is 5.57. The first kappa shape index (κ1) is 10.4. The minimum absolute atomic E-state index is 0.105. The quantitative estimate of drug-likeness (QED) is 0.540. The van der Waals surface area contributed by atoms with Crippen LogP contribution in [0.4, 0.5) is 0 Å². The van der Waals surface area contributed by atoms with Crippen molar-refractivity contribution in [2.45, 2.75) is 39.0 Å². The first-order valence-electron chi connectivity index (χ1n) is 6.64. The van der Waals surface area contributed by atoms with Gasteiger partial charge < -0.3 is 4.74 Å². The van der Waals surface area contributed by atoms with Crippen LogP contribution in [0.3, 0.4) is 0 Å². The molecule has 2 nitrogen and oxygen atoms in total. The molecule has 0 aromatic rings. The Hall–Kier alpha value is -0.790. The SMILES string of the molecule is CCCOC(=O)C12CCCC1C1C=CC2C1. The van der Waals surface area contributed by atoms with Crippen LogP contribution < -0.4 is 0 Å². The Morgan fingerprint density at radius 1 is 1.50 bits per heavy atom. The first-order chi connectivity index (χ1) is 7.79. The van der Waals surface area contributed by atoms with Gasteiger partial charge in [0, 0.05) is 0 Å². The average Bonchev–Trinajstić information content (AvgIpc) is 2.95. The Bertz CT molecular complexity index is 334. The molecule has 2 fully saturated rings. The highest BCUT2D eigenvalue weighted by Gasteiger charge is 2.62. The maximum Gasteiger partial charge on any atom is 0.312 e. The number of esters is 1. The zero-order chi connectivity index (χ0) is 11.2. The number of allylic oxidation sites excluding steroid dienone is 2. The van der Waals surface area contributed by atoms with Gasteiger partial charge in [0.1, 0.15) is 0 Å². The molecule has 0 N–H and O–H groups in total. The summed E-state index contributed by atoms with van der Waals surface area (Å²) >= 11 is 0. The minimum atomic E-state index is -0.116. The molecule has 2 bridgehead atoms. The minimum Gasteiger partial charge on any atom is -0.465 e. The van der Waals surface area contributed by atoms with Crippen molar-refractivity contribution in [1.82, 2.24) is 0 Å². The molecular weight excluding hydrogens is 200 g/mol. The first-order valence-corrected chi connectivity index (χ1v) is 6.64. The van der Waals surface area contributed by atoms with Gasteiger partial charge >= 0.3 is 5.97 Å². The third-order valence-corrected chi connectivity index (χ3v) is 4.88. The van der Waals surface area contributed by atoms with Gasteiger partial charge in [0.15, 0.2) is 0 Å². The number of hydrogen-bond acceptors (Lipinski definition) is 2. The van der Waals surface area contributed by atoms with Gasteiger partial charge in [0.05, 0.1) is 12.0 Å². The highest BCUT2D eigenvalue weighted by Crippen LogP contribution is 2.64. The molecule has 0 aromatic carbocycles. The molecule has 0 radical (unpaired) electrons. The fourth-order valence-corrected chi connectivity index (χ4v) is 4.26. The second-order valence-corrected chi connectivity index (χ2v) is 5.57. The smallest absolute Gasteiger partial charge is 0.312 e. The van der Waals surface area contributed by atoms with Crippen molar-refractivity contribution in [3.8, 4) is 0 Å². The predicted octanol–water partition coefficient (Wildman–Crippen LogP) is 2.93. The molecule has 0 aliphatic heterocycles. The van der Waals surface area contributed by atoms with Crippen molar-refractivity contribution in [1.29, 1.82) is 0 Å². The summed E-state index contributed by atoms with van der Waals surface area (Å²) in [4.78, 5) is 12.3. The van der Waals surface area contributed by atoms with Crippen molar-refractivity contribution >= 4 is 5.97 Å². The van der Waals surface area contributed by atoms with E-state index >= 15 is 0 Å². The molecule has 3 aliphatic rings. The summed E-state index contributed by atoms with van der Waals surface area (Å²) in [5.41, 5.74) is -0.116. The summed E-state index contributed by atoms with van der Waals surface area (Å²) in [6.45, 7) is 2.65. The van der Waals surface area contributed by atoms with Crippen molar-refractivity contribution in [3.05, 3.63) is 12.2 Å². The lowest BCUT2D eigenvalue weighted by Gasteiger charge is -2.34. The Morgan fingerprint density at radius 2 is 2.38 bits per heavy atom. The maximum absolute atomic E-state index is 12.3. The number of ether oxygens (including phenoxy) is 1. The third kappa shape index (κ3) is 1.16. The highest BCUT2D eigenvalue weighted by atomic mass is 16.5. The van der Waals surface area contributed by atoms with E-state index in [2.05, 4.69) is 19.1 Å². The van der Waals surface area contributed by atoms with Gasteiger partial charge in [-0.2, -0.15) is 0 Å². The molecule has 2 heteroatoms. The molecule has 0 amide bonds. The van der Waals surface area contributed by atoms with Crippen LogP contribution in [-0.4, -0.2) is 12.6 Å². The molecule has 88 valence electrons. The number of rotatable bonds is 3. The van der Waals surface area contributed by atoms with Crippen LogP contribution in [0.1, 0.15) is 39.0 Å². The van der Waals surface area contributed by atoms with E-state index in [9.17, 15) is 4.79 Å². The van der Waals surface area contributed by atoms with Crippen LogP contribution in [0, 0.1) is 23.2 Å². The normalized spacial score (nSPS) is 43.7. The largest absolute Gasteiger partial charge is 0.465 e. The second kappa shape index (κ2) is 3.61. The van der Waals surface area contributed by atoms with Gasteiger partial charge in [-0.1, -0.05) is 25.5 Å². The summed E-state index contributed by atoms with van der Waals surface area (Å²) in [6.07, 6.45) is 10.2. The van der Waals surface area contributed by atoms with Gasteiger partial charge in [-0.3, -0.25) is 4.79 Å². The monoisotopic (exact) mass is 220 g/mol. The molecule has 3 aliphatic carbocycles. The van der Waals surface area contributed by atoms with Gasteiger partial charge in [-0.05, 0) is 43.4 Å². The zero-order valence-corrected chi connectivity index (χ0v) is 9.95. The fraction of sp³-hybridized carbons (Fsp3) is 0.786. The average molecular weight is 220 g/mol. The fourth-order valence-electron chi connectivity index (χ4n) is 4.26. The van der Waals surface area contributed by atoms with E-state index in [-0.39, 0.29) is 11.4 Å². The Kier molecular flexibility index (Phi) is 2.34. The molecule has 0 heterocycles. The molecule has 4 atom stereocenters. The van der Waals surface area contributed by atoms with E-state index in [4.69, 9.17) is 4.74 Å². The van der Waals surface area contributed by atoms with Gasteiger partial charge in [-0.15, -0.1) is 0 Å². The number of fused-ring (bicyclic) bond motifs is 5. The summed E-state index contributed by atoms with van der Waals surface area (Å²) < 4.78 is 5.46. The van der Waals surface area contributed by atoms with Crippen LogP contribution in [-0.2, 0) is 9.53 Å². The standard InChI is InChI=1S/C14H20O2/c1-2-8-16-13(15)14-7-3-4-12(14)10-5-6-11(14)9-10/h5-6,10-12H,2-4,7-9H2,1H3. The predicted molar refractivity (Wildman–Crippen MR) is 61.8 cm³/mol. The van der Waals surface area contributed by atoms with E-state index in [0.29, 0.717) is 24.4 Å². The van der Waals surface area contributed by atoms with Crippen molar-refractivity contribution in [2.24, 2.45) is 23.2 Å². The molecule has 0 aromatic heterocycles. The highest BCUT2D eigenvalue weighted by molar-refractivity contribution is 5.79. The van der Waals surface area contributed by atoms with Crippen LogP contribution in [0.15, 0.2) is 12.2 Å². The summed E-state index contributed by atoms with van der Waals surface area (Å²) in [6, 6.07) is 0. The van der Waals surface area contributed by atoms with E-state index in [1.54, 1.807) is 0 Å². The maximum atomic E-state index is 12.3. The topological polar surface area (TPSA) is 26.3 Å². The van der Waals surface area contributed by atoms with Crippen molar-refractivity contribution < 1.29 is 9.53 Å². The summed E-state index contributed by atoms with van der Waals surface area (Å²) in [7, 11) is 0. The molecule has 2 saturated carbocycles. The number of carbonyl (C=O) groups excluding carboxylic acids is 1. The van der Waals surface area contributed by atoms with E-state index < -0.39 is 0 Å². The van der Waals surface area contributed by atoms with Gasteiger partial charge in [0.2, 0.25) is 0 Å². The number of hydrogen-bond donors (Lipinski definition) is 0. The van der Waals surface area contributed by atoms with Crippen LogP contribution in [0.2, 0.25) is 0 Å². The molecule has 3 rings (SSSR count). The Labute approximate surface area is 97.1 Å². The van der Waals surface area contributed by atoms with Gasteiger partial charge in [0.25, 0.3) is 0 Å². The van der Waals surface area contributed by atoms with Crippen molar-refractivity contribution in [3.63, 3.8) is 0 Å². The lowest BCUT2D eigenvalue weighted by molar-refractivity contribution is -0.159. The summed E-state index contributed by atoms with van der Waals surface area (Å²) in [5.74, 6) is 1.84. The lowest BCUT2D eigenvalue weighted by atomic mass is 9.70. The van der Waals surface area contributed by atoms with E-state index in [0.717, 1.165) is 12.8 Å². The van der Waals surface area contributed by atoms with Crippen LogP contribution >= 0.6 is 0 Å². The van der Waals surface area contributed by atoms with Gasteiger partial charge in [-0.25, -0.2) is 0 Å². The van der Waals surface area contributed by atoms with E-state index in [1.807, 2.05) is 0 Å². The zero-order valence-electron chi connectivity index (χ0n) is 9.95. The molecule has 16 heavy (non-hydrogen) atoms. The molecule has 0 saturated heterocycles. The Balaban J connectivity index is 1.85. The van der Waals surface area contributed by atoms with E-state index in [1.165, 1.54) is 19.3 Å².